The van der Waals surface area contributed by atoms with Gasteiger partial charge < -0.3 is 15.6 Å². The molecule has 5 rings (SSSR count). The van der Waals surface area contributed by atoms with E-state index in [1.54, 1.807) is 24.7 Å². The number of H-pyrrole nitrogens is 1. The molecule has 1 fully saturated rings. The third-order valence-electron chi connectivity index (χ3n) is 5.97. The summed E-state index contributed by atoms with van der Waals surface area (Å²) in [6, 6.07) is 3.01. The average molecular weight is 463 g/mol. The summed E-state index contributed by atoms with van der Waals surface area (Å²) in [5.41, 5.74) is 2.46. The second-order valence-corrected chi connectivity index (χ2v) is 8.57. The zero-order chi connectivity index (χ0) is 23.7. The molecule has 0 unspecified atom stereocenters. The molecule has 4 aromatic rings. The fourth-order valence-electron chi connectivity index (χ4n) is 4.35. The lowest BCUT2D eigenvalue weighted by Gasteiger charge is -2.30. The SMILES string of the molecule is Cc1cncc(C(=O)N[C@@H]2CCC[C@H](Nc3nc(-c4c[nH]c5ncc(F)cc45)ncc3F)C2)c1. The number of hydrogen-bond donors (Lipinski definition) is 3. The molecule has 0 aliphatic heterocycles. The van der Waals surface area contributed by atoms with E-state index >= 15 is 0 Å². The topological polar surface area (TPSA) is 108 Å². The van der Waals surface area contributed by atoms with E-state index in [0.717, 1.165) is 37.2 Å². The van der Waals surface area contributed by atoms with Gasteiger partial charge in [0.1, 0.15) is 11.5 Å². The first kappa shape index (κ1) is 21.9. The minimum Gasteiger partial charge on any atom is -0.365 e. The molecule has 3 N–H and O–H groups in total. The summed E-state index contributed by atoms with van der Waals surface area (Å²) in [6.45, 7) is 1.89. The van der Waals surface area contributed by atoms with E-state index in [2.05, 4.69) is 35.6 Å². The summed E-state index contributed by atoms with van der Waals surface area (Å²) in [5, 5.41) is 6.75. The van der Waals surface area contributed by atoms with E-state index in [4.69, 9.17) is 0 Å². The van der Waals surface area contributed by atoms with Gasteiger partial charge in [0, 0.05) is 41.6 Å². The number of amides is 1. The molecule has 1 aliphatic rings. The highest BCUT2D eigenvalue weighted by Gasteiger charge is 2.25. The predicted molar refractivity (Wildman–Crippen MR) is 123 cm³/mol. The van der Waals surface area contributed by atoms with Crippen molar-refractivity contribution in [3.05, 3.63) is 65.9 Å². The summed E-state index contributed by atoms with van der Waals surface area (Å²) < 4.78 is 28.3. The van der Waals surface area contributed by atoms with Gasteiger partial charge in [-0.15, -0.1) is 0 Å². The highest BCUT2D eigenvalue weighted by molar-refractivity contribution is 5.94. The van der Waals surface area contributed by atoms with E-state index in [1.165, 1.54) is 6.07 Å². The van der Waals surface area contributed by atoms with Gasteiger partial charge in [0.15, 0.2) is 17.5 Å². The number of aryl methyl sites for hydroxylation is 1. The van der Waals surface area contributed by atoms with Crippen molar-refractivity contribution in [3.63, 3.8) is 0 Å². The van der Waals surface area contributed by atoms with Crippen LogP contribution in [0.5, 0.6) is 0 Å². The molecule has 1 saturated carbocycles. The lowest BCUT2D eigenvalue weighted by atomic mass is 9.90. The minimum atomic E-state index is -0.579. The van der Waals surface area contributed by atoms with Crippen LogP contribution in [0, 0.1) is 18.6 Å². The van der Waals surface area contributed by atoms with Crippen LogP contribution < -0.4 is 10.6 Å². The molecule has 1 aliphatic carbocycles. The maximum absolute atomic E-state index is 14.6. The molecule has 10 heteroatoms. The van der Waals surface area contributed by atoms with Crippen molar-refractivity contribution >= 4 is 22.8 Å². The van der Waals surface area contributed by atoms with Gasteiger partial charge in [0.2, 0.25) is 0 Å². The maximum atomic E-state index is 14.6. The first-order valence-corrected chi connectivity index (χ1v) is 11.1. The molecule has 0 radical (unpaired) electrons. The van der Waals surface area contributed by atoms with Crippen molar-refractivity contribution in [1.29, 1.82) is 0 Å². The highest BCUT2D eigenvalue weighted by Crippen LogP contribution is 2.28. The van der Waals surface area contributed by atoms with Crippen LogP contribution in [0.4, 0.5) is 14.6 Å². The number of rotatable bonds is 5. The molecule has 34 heavy (non-hydrogen) atoms. The number of aromatic amines is 1. The number of aromatic nitrogens is 5. The summed E-state index contributed by atoms with van der Waals surface area (Å²) in [6.07, 6.45) is 10.3. The summed E-state index contributed by atoms with van der Waals surface area (Å²) in [4.78, 5) is 32.1. The summed E-state index contributed by atoms with van der Waals surface area (Å²) in [7, 11) is 0. The fraction of sp³-hybridized carbons (Fsp3) is 0.292. The number of carbonyl (C=O) groups excluding carboxylic acids is 1. The second kappa shape index (κ2) is 9.12. The Kier molecular flexibility index (Phi) is 5.87. The third kappa shape index (κ3) is 4.57. The van der Waals surface area contributed by atoms with Crippen molar-refractivity contribution in [2.24, 2.45) is 0 Å². The van der Waals surface area contributed by atoms with E-state index in [0.29, 0.717) is 28.6 Å². The lowest BCUT2D eigenvalue weighted by molar-refractivity contribution is 0.0926. The van der Waals surface area contributed by atoms with Gasteiger partial charge >= 0.3 is 0 Å². The zero-order valence-corrected chi connectivity index (χ0v) is 18.5. The van der Waals surface area contributed by atoms with Crippen LogP contribution >= 0.6 is 0 Å². The largest absolute Gasteiger partial charge is 0.365 e. The molecule has 0 saturated heterocycles. The quantitative estimate of drug-likeness (QED) is 0.410. The summed E-state index contributed by atoms with van der Waals surface area (Å²) in [5.74, 6) is -0.897. The van der Waals surface area contributed by atoms with Crippen molar-refractivity contribution < 1.29 is 13.6 Å². The van der Waals surface area contributed by atoms with E-state index < -0.39 is 11.6 Å². The molecule has 0 aromatic carbocycles. The standard InChI is InChI=1S/C24H23F2N7O/c1-13-5-14(9-27-8-13)24(34)32-17-4-2-3-16(7-17)31-23-20(26)12-30-22(33-23)19-11-29-21-18(19)6-15(25)10-28-21/h5-6,8-12,16-17H,2-4,7H2,1H3,(H,28,29)(H,32,34)(H,30,31,33)/t16-,17+/m0/s1. The van der Waals surface area contributed by atoms with Gasteiger partial charge in [0.25, 0.3) is 5.91 Å². The second-order valence-electron chi connectivity index (χ2n) is 8.57. The highest BCUT2D eigenvalue weighted by atomic mass is 19.1. The average Bonchev–Trinajstić information content (AvgIpc) is 3.24. The molecule has 0 bridgehead atoms. The molecule has 2 atom stereocenters. The number of nitrogens with zero attached hydrogens (tertiary/aromatic N) is 4. The molecule has 1 amide bonds. The Labute approximate surface area is 194 Å². The molecular weight excluding hydrogens is 440 g/mol. The van der Waals surface area contributed by atoms with Crippen molar-refractivity contribution in [2.75, 3.05) is 5.32 Å². The Morgan fingerprint density at radius 2 is 1.94 bits per heavy atom. The Morgan fingerprint density at radius 3 is 2.79 bits per heavy atom. The molecule has 4 aromatic heterocycles. The number of carbonyl (C=O) groups is 1. The molecule has 0 spiro atoms. The van der Waals surface area contributed by atoms with Crippen molar-refractivity contribution in [2.45, 2.75) is 44.7 Å². The van der Waals surface area contributed by atoms with Crippen molar-refractivity contribution in [1.82, 2.24) is 30.2 Å². The van der Waals surface area contributed by atoms with E-state index in [-0.39, 0.29) is 29.6 Å². The van der Waals surface area contributed by atoms with Gasteiger partial charge in [-0.3, -0.25) is 9.78 Å². The Hall–Kier alpha value is -3.95. The third-order valence-corrected chi connectivity index (χ3v) is 5.97. The number of hydrogen-bond acceptors (Lipinski definition) is 6. The molecular formula is C24H23F2N7O. The number of halogens is 2. The number of nitrogens with one attached hydrogen (secondary N) is 3. The number of fused-ring (bicyclic) bond motifs is 1. The van der Waals surface area contributed by atoms with Crippen LogP contribution in [0.25, 0.3) is 22.4 Å². The zero-order valence-electron chi connectivity index (χ0n) is 18.5. The fourth-order valence-corrected chi connectivity index (χ4v) is 4.35. The van der Waals surface area contributed by atoms with Crippen LogP contribution in [-0.2, 0) is 0 Å². The van der Waals surface area contributed by atoms with Crippen LogP contribution in [-0.4, -0.2) is 42.9 Å². The van der Waals surface area contributed by atoms with Gasteiger partial charge in [0.05, 0.1) is 18.0 Å². The molecule has 174 valence electrons. The first-order valence-electron chi connectivity index (χ1n) is 11.1. The maximum Gasteiger partial charge on any atom is 0.253 e. The monoisotopic (exact) mass is 463 g/mol. The number of anilines is 1. The normalized spacial score (nSPS) is 18.1. The van der Waals surface area contributed by atoms with Crippen molar-refractivity contribution in [3.8, 4) is 11.4 Å². The Morgan fingerprint density at radius 1 is 1.09 bits per heavy atom. The Bertz CT molecular complexity index is 1360. The predicted octanol–water partition coefficient (Wildman–Crippen LogP) is 4.15. The summed E-state index contributed by atoms with van der Waals surface area (Å²) >= 11 is 0. The van der Waals surface area contributed by atoms with Crippen LogP contribution in [0.15, 0.2) is 43.1 Å². The van der Waals surface area contributed by atoms with Crippen LogP contribution in [0.2, 0.25) is 0 Å². The van der Waals surface area contributed by atoms with Gasteiger partial charge in [-0.2, -0.15) is 0 Å². The van der Waals surface area contributed by atoms with E-state index in [9.17, 15) is 13.6 Å². The first-order chi connectivity index (χ1) is 16.5. The van der Waals surface area contributed by atoms with Crippen LogP contribution in [0.1, 0.15) is 41.6 Å². The minimum absolute atomic E-state index is 0.0497. The van der Waals surface area contributed by atoms with Crippen LogP contribution in [0.3, 0.4) is 0 Å². The van der Waals surface area contributed by atoms with Gasteiger partial charge in [-0.1, -0.05) is 0 Å². The molecule has 8 nitrogen and oxygen atoms in total. The van der Waals surface area contributed by atoms with E-state index in [1.807, 2.05) is 6.92 Å². The Balaban J connectivity index is 1.31. The lowest BCUT2D eigenvalue weighted by Crippen LogP contribution is -2.42. The smallest absolute Gasteiger partial charge is 0.253 e. The number of pyridine rings is 2. The van der Waals surface area contributed by atoms with Gasteiger partial charge in [-0.05, 0) is 50.3 Å². The molecule has 4 heterocycles. The van der Waals surface area contributed by atoms with Gasteiger partial charge in [-0.25, -0.2) is 23.7 Å².